The minimum Gasteiger partial charge on any atom is -0.446 e. The topological polar surface area (TPSA) is 94.0 Å². The predicted octanol–water partition coefficient (Wildman–Crippen LogP) is 1.70. The summed E-state index contributed by atoms with van der Waals surface area (Å²) in [5.74, 6) is 0.320. The second-order valence-electron chi connectivity index (χ2n) is 5.17. The third-order valence-corrected chi connectivity index (χ3v) is 3.15. The molecule has 3 N–H and O–H groups in total. The molecule has 0 spiro atoms. The zero-order chi connectivity index (χ0) is 15.2. The highest BCUT2D eigenvalue weighted by Crippen LogP contribution is 2.17. The van der Waals surface area contributed by atoms with Gasteiger partial charge in [-0.05, 0) is 18.1 Å². The Bertz CT molecular complexity index is 580. The van der Waals surface area contributed by atoms with Gasteiger partial charge in [0.25, 0.3) is 5.91 Å². The quantitative estimate of drug-likeness (QED) is 0.843. The van der Waals surface area contributed by atoms with Gasteiger partial charge < -0.3 is 15.5 Å². The van der Waals surface area contributed by atoms with Crippen molar-refractivity contribution < 1.29 is 9.21 Å². The summed E-state index contributed by atoms with van der Waals surface area (Å²) in [7, 11) is 0. The molecular formula is C15H20N4O2. The van der Waals surface area contributed by atoms with Crippen LogP contribution in [0.25, 0.3) is 0 Å². The van der Waals surface area contributed by atoms with Gasteiger partial charge in [-0.1, -0.05) is 19.9 Å². The van der Waals surface area contributed by atoms with Gasteiger partial charge in [0.15, 0.2) is 5.69 Å². The highest BCUT2D eigenvalue weighted by Gasteiger charge is 2.19. The van der Waals surface area contributed by atoms with Crippen LogP contribution in [0.1, 0.15) is 42.0 Å². The molecule has 0 aromatic carbocycles. The normalized spacial score (nSPS) is 12.4. The summed E-state index contributed by atoms with van der Waals surface area (Å²) in [5, 5.41) is 2.79. The van der Waals surface area contributed by atoms with Gasteiger partial charge in [-0.25, -0.2) is 4.98 Å². The number of hydrogen-bond donors (Lipinski definition) is 2. The van der Waals surface area contributed by atoms with Crippen LogP contribution in [0.5, 0.6) is 0 Å². The molecule has 0 aliphatic heterocycles. The van der Waals surface area contributed by atoms with Crippen molar-refractivity contribution in [2.75, 3.05) is 6.54 Å². The maximum atomic E-state index is 11.9. The monoisotopic (exact) mass is 288 g/mol. The molecule has 0 saturated heterocycles. The zero-order valence-electron chi connectivity index (χ0n) is 12.2. The van der Waals surface area contributed by atoms with E-state index in [1.54, 1.807) is 6.20 Å². The Balaban J connectivity index is 1.86. The number of carbonyl (C=O) groups excluding carboxylic acids is 1. The van der Waals surface area contributed by atoms with Gasteiger partial charge in [-0.15, -0.1) is 0 Å². The van der Waals surface area contributed by atoms with Crippen molar-refractivity contribution in [2.45, 2.75) is 26.3 Å². The first-order chi connectivity index (χ1) is 10.1. The standard InChI is InChI=1S/C15H20N4O2/c1-10(2)13(16)15-19-12(9-21-15)14(20)18-8-6-11-5-3-4-7-17-11/h3-5,7,9-10,13H,6,8,16H2,1-2H3,(H,18,20). The lowest BCUT2D eigenvalue weighted by molar-refractivity contribution is 0.0949. The number of amides is 1. The molecule has 112 valence electrons. The number of aromatic nitrogens is 2. The maximum absolute atomic E-state index is 11.9. The van der Waals surface area contributed by atoms with Crippen molar-refractivity contribution in [2.24, 2.45) is 11.7 Å². The van der Waals surface area contributed by atoms with Gasteiger partial charge in [0.05, 0.1) is 6.04 Å². The first kappa shape index (κ1) is 15.2. The summed E-state index contributed by atoms with van der Waals surface area (Å²) in [6.45, 7) is 4.44. The Morgan fingerprint density at radius 2 is 2.24 bits per heavy atom. The zero-order valence-corrected chi connectivity index (χ0v) is 12.2. The van der Waals surface area contributed by atoms with E-state index in [0.29, 0.717) is 18.9 Å². The van der Waals surface area contributed by atoms with E-state index in [0.717, 1.165) is 5.69 Å². The van der Waals surface area contributed by atoms with Crippen LogP contribution in [0.4, 0.5) is 0 Å². The Labute approximate surface area is 123 Å². The van der Waals surface area contributed by atoms with E-state index in [9.17, 15) is 4.79 Å². The van der Waals surface area contributed by atoms with E-state index in [1.807, 2.05) is 32.0 Å². The minimum atomic E-state index is -0.305. The number of oxazole rings is 1. The molecule has 21 heavy (non-hydrogen) atoms. The third kappa shape index (κ3) is 4.13. The lowest BCUT2D eigenvalue weighted by atomic mass is 10.1. The molecule has 0 bridgehead atoms. The van der Waals surface area contributed by atoms with Crippen molar-refractivity contribution in [1.82, 2.24) is 15.3 Å². The Morgan fingerprint density at radius 1 is 1.43 bits per heavy atom. The number of hydrogen-bond acceptors (Lipinski definition) is 5. The fourth-order valence-electron chi connectivity index (χ4n) is 1.77. The fourth-order valence-corrected chi connectivity index (χ4v) is 1.77. The van der Waals surface area contributed by atoms with Gasteiger partial charge in [-0.3, -0.25) is 9.78 Å². The highest BCUT2D eigenvalue weighted by molar-refractivity contribution is 5.91. The molecule has 1 atom stereocenters. The van der Waals surface area contributed by atoms with Gasteiger partial charge in [0, 0.05) is 24.9 Å². The molecule has 1 amide bonds. The number of nitrogens with two attached hydrogens (primary N) is 1. The molecule has 2 heterocycles. The Kier molecular flexibility index (Phi) is 5.05. The van der Waals surface area contributed by atoms with Crippen LogP contribution in [0.15, 0.2) is 35.1 Å². The molecule has 1 unspecified atom stereocenters. The highest BCUT2D eigenvalue weighted by atomic mass is 16.3. The van der Waals surface area contributed by atoms with Crippen molar-refractivity contribution in [3.8, 4) is 0 Å². The molecule has 0 radical (unpaired) electrons. The van der Waals surface area contributed by atoms with Crippen LogP contribution in [0.3, 0.4) is 0 Å². The Morgan fingerprint density at radius 3 is 2.90 bits per heavy atom. The van der Waals surface area contributed by atoms with E-state index in [2.05, 4.69) is 15.3 Å². The predicted molar refractivity (Wildman–Crippen MR) is 78.5 cm³/mol. The molecule has 2 aromatic rings. The van der Waals surface area contributed by atoms with Gasteiger partial charge in [-0.2, -0.15) is 0 Å². The lowest BCUT2D eigenvalue weighted by Crippen LogP contribution is -2.26. The van der Waals surface area contributed by atoms with Gasteiger partial charge in [0.1, 0.15) is 6.26 Å². The third-order valence-electron chi connectivity index (χ3n) is 3.15. The molecule has 0 fully saturated rings. The average Bonchev–Trinajstić information content (AvgIpc) is 2.97. The van der Waals surface area contributed by atoms with Crippen LogP contribution in [-0.2, 0) is 6.42 Å². The van der Waals surface area contributed by atoms with Gasteiger partial charge in [0.2, 0.25) is 5.89 Å². The van der Waals surface area contributed by atoms with E-state index < -0.39 is 0 Å². The largest absolute Gasteiger partial charge is 0.446 e. The second kappa shape index (κ2) is 6.99. The van der Waals surface area contributed by atoms with E-state index in [1.165, 1.54) is 6.26 Å². The first-order valence-corrected chi connectivity index (χ1v) is 6.97. The van der Waals surface area contributed by atoms with E-state index in [-0.39, 0.29) is 23.6 Å². The summed E-state index contributed by atoms with van der Waals surface area (Å²) < 4.78 is 5.26. The molecular weight excluding hydrogens is 268 g/mol. The first-order valence-electron chi connectivity index (χ1n) is 6.97. The van der Waals surface area contributed by atoms with Crippen molar-refractivity contribution in [3.05, 3.63) is 47.9 Å². The average molecular weight is 288 g/mol. The van der Waals surface area contributed by atoms with Crippen molar-refractivity contribution in [1.29, 1.82) is 0 Å². The summed E-state index contributed by atoms with van der Waals surface area (Å²) in [4.78, 5) is 20.3. The molecule has 0 saturated carbocycles. The van der Waals surface area contributed by atoms with Crippen LogP contribution >= 0.6 is 0 Å². The number of nitrogens with zero attached hydrogens (tertiary/aromatic N) is 2. The SMILES string of the molecule is CC(C)C(N)c1nc(C(=O)NCCc2ccccn2)co1. The fraction of sp³-hybridized carbons (Fsp3) is 0.400. The summed E-state index contributed by atoms with van der Waals surface area (Å²) in [6, 6.07) is 5.39. The maximum Gasteiger partial charge on any atom is 0.273 e. The molecule has 0 aliphatic rings. The minimum absolute atomic E-state index is 0.198. The molecule has 0 aliphatic carbocycles. The molecule has 6 heteroatoms. The van der Waals surface area contributed by atoms with Crippen LogP contribution in [-0.4, -0.2) is 22.4 Å². The summed E-state index contributed by atoms with van der Waals surface area (Å²) >= 11 is 0. The lowest BCUT2D eigenvalue weighted by Gasteiger charge is -2.10. The van der Waals surface area contributed by atoms with E-state index >= 15 is 0 Å². The van der Waals surface area contributed by atoms with Crippen LogP contribution in [0, 0.1) is 5.92 Å². The number of pyridine rings is 1. The van der Waals surface area contributed by atoms with Crippen LogP contribution in [0.2, 0.25) is 0 Å². The van der Waals surface area contributed by atoms with Crippen molar-refractivity contribution in [3.63, 3.8) is 0 Å². The molecule has 2 rings (SSSR count). The summed E-state index contributed by atoms with van der Waals surface area (Å²) in [6.07, 6.45) is 3.74. The van der Waals surface area contributed by atoms with E-state index in [4.69, 9.17) is 10.2 Å². The number of carbonyl (C=O) groups is 1. The Hall–Kier alpha value is -2.21. The second-order valence-corrected chi connectivity index (χ2v) is 5.17. The van der Waals surface area contributed by atoms with Crippen LogP contribution < -0.4 is 11.1 Å². The smallest absolute Gasteiger partial charge is 0.273 e. The number of rotatable bonds is 6. The number of nitrogens with one attached hydrogen (secondary N) is 1. The van der Waals surface area contributed by atoms with Crippen molar-refractivity contribution >= 4 is 5.91 Å². The molecule has 6 nitrogen and oxygen atoms in total. The van der Waals surface area contributed by atoms with Gasteiger partial charge >= 0.3 is 0 Å². The molecule has 2 aromatic heterocycles. The summed E-state index contributed by atoms with van der Waals surface area (Å²) in [5.41, 5.74) is 7.11.